The first-order valence-electron chi connectivity index (χ1n) is 4.38. The zero-order valence-corrected chi connectivity index (χ0v) is 8.17. The SMILES string of the molecule is C=Cc1ccc(NC)cc1/C=C\C. The highest BCUT2D eigenvalue weighted by molar-refractivity contribution is 5.68. The molecule has 0 aliphatic carbocycles. The van der Waals surface area contributed by atoms with E-state index in [1.54, 1.807) is 0 Å². The largest absolute Gasteiger partial charge is 0.388 e. The van der Waals surface area contributed by atoms with Crippen molar-refractivity contribution in [2.24, 2.45) is 0 Å². The minimum atomic E-state index is 1.12. The molecule has 0 unspecified atom stereocenters. The second-order valence-corrected chi connectivity index (χ2v) is 2.80. The Labute approximate surface area is 79.8 Å². The minimum Gasteiger partial charge on any atom is -0.388 e. The lowest BCUT2D eigenvalue weighted by atomic mass is 10.1. The summed E-state index contributed by atoms with van der Waals surface area (Å²) in [5.41, 5.74) is 3.49. The first-order chi connectivity index (χ1) is 6.31. The lowest BCUT2D eigenvalue weighted by Gasteiger charge is -2.04. The van der Waals surface area contributed by atoms with Crippen molar-refractivity contribution in [1.82, 2.24) is 0 Å². The lowest BCUT2D eigenvalue weighted by Crippen LogP contribution is -1.89. The monoisotopic (exact) mass is 173 g/mol. The second kappa shape index (κ2) is 4.51. The third-order valence-corrected chi connectivity index (χ3v) is 1.94. The van der Waals surface area contributed by atoms with E-state index in [-0.39, 0.29) is 0 Å². The van der Waals surface area contributed by atoms with Gasteiger partial charge >= 0.3 is 0 Å². The van der Waals surface area contributed by atoms with Crippen LogP contribution in [0.15, 0.2) is 30.9 Å². The van der Waals surface area contributed by atoms with Crippen molar-refractivity contribution < 1.29 is 0 Å². The van der Waals surface area contributed by atoms with Gasteiger partial charge in [-0.2, -0.15) is 0 Å². The fraction of sp³-hybridized carbons (Fsp3) is 0.167. The number of benzene rings is 1. The van der Waals surface area contributed by atoms with E-state index in [4.69, 9.17) is 0 Å². The van der Waals surface area contributed by atoms with Gasteiger partial charge in [0.05, 0.1) is 0 Å². The van der Waals surface area contributed by atoms with Crippen LogP contribution in [-0.4, -0.2) is 7.05 Å². The fourth-order valence-corrected chi connectivity index (χ4v) is 1.24. The number of rotatable bonds is 3. The average Bonchev–Trinajstić information content (AvgIpc) is 2.18. The number of anilines is 1. The molecule has 0 aromatic heterocycles. The van der Waals surface area contributed by atoms with Crippen LogP contribution in [0.4, 0.5) is 5.69 Å². The van der Waals surface area contributed by atoms with Gasteiger partial charge < -0.3 is 5.32 Å². The highest BCUT2D eigenvalue weighted by Gasteiger charge is 1.96. The Morgan fingerprint density at radius 2 is 2.08 bits per heavy atom. The topological polar surface area (TPSA) is 12.0 Å². The van der Waals surface area contributed by atoms with Crippen LogP contribution >= 0.6 is 0 Å². The number of allylic oxidation sites excluding steroid dienone is 1. The Morgan fingerprint density at radius 1 is 1.31 bits per heavy atom. The molecule has 68 valence electrons. The average molecular weight is 173 g/mol. The smallest absolute Gasteiger partial charge is 0.0343 e. The van der Waals surface area contributed by atoms with E-state index in [2.05, 4.69) is 30.1 Å². The molecule has 0 amide bonds. The molecule has 1 heteroatoms. The highest BCUT2D eigenvalue weighted by atomic mass is 14.8. The van der Waals surface area contributed by atoms with Crippen molar-refractivity contribution in [3.05, 3.63) is 42.0 Å². The summed E-state index contributed by atoms with van der Waals surface area (Å²) in [6.07, 6.45) is 5.98. The van der Waals surface area contributed by atoms with Gasteiger partial charge in [-0.15, -0.1) is 0 Å². The Bertz CT molecular complexity index is 324. The van der Waals surface area contributed by atoms with Crippen molar-refractivity contribution in [1.29, 1.82) is 0 Å². The molecule has 1 aromatic rings. The van der Waals surface area contributed by atoms with Crippen LogP contribution in [0.3, 0.4) is 0 Å². The van der Waals surface area contributed by atoms with Gasteiger partial charge in [-0.25, -0.2) is 0 Å². The van der Waals surface area contributed by atoms with Gasteiger partial charge in [0.2, 0.25) is 0 Å². The summed E-state index contributed by atoms with van der Waals surface area (Å²) in [4.78, 5) is 0. The zero-order valence-electron chi connectivity index (χ0n) is 8.17. The second-order valence-electron chi connectivity index (χ2n) is 2.80. The standard InChI is InChI=1S/C12H15N/c1-4-6-11-9-12(13-3)8-7-10(11)5-2/h4-9,13H,2H2,1,3H3/b6-4-. The summed E-state index contributed by atoms with van der Waals surface area (Å²) >= 11 is 0. The van der Waals surface area contributed by atoms with Crippen LogP contribution in [0.5, 0.6) is 0 Å². The van der Waals surface area contributed by atoms with Crippen LogP contribution in [0.2, 0.25) is 0 Å². The van der Waals surface area contributed by atoms with Gasteiger partial charge in [0, 0.05) is 12.7 Å². The molecule has 0 aliphatic rings. The third kappa shape index (κ3) is 2.22. The molecule has 0 aliphatic heterocycles. The predicted octanol–water partition coefficient (Wildman–Crippen LogP) is 3.40. The molecule has 1 rings (SSSR count). The number of nitrogens with one attached hydrogen (secondary N) is 1. The normalized spacial score (nSPS) is 10.3. The zero-order chi connectivity index (χ0) is 9.68. The van der Waals surface area contributed by atoms with Crippen molar-refractivity contribution in [3.63, 3.8) is 0 Å². The quantitative estimate of drug-likeness (QED) is 0.738. The van der Waals surface area contributed by atoms with E-state index >= 15 is 0 Å². The van der Waals surface area contributed by atoms with Gasteiger partial charge in [0.1, 0.15) is 0 Å². The molecule has 0 radical (unpaired) electrons. The van der Waals surface area contributed by atoms with Crippen LogP contribution in [0, 0.1) is 0 Å². The van der Waals surface area contributed by atoms with Crippen LogP contribution < -0.4 is 5.32 Å². The Balaban J connectivity index is 3.17. The summed E-state index contributed by atoms with van der Waals surface area (Å²) in [5, 5.41) is 3.11. The Kier molecular flexibility index (Phi) is 3.32. The van der Waals surface area contributed by atoms with Crippen molar-refractivity contribution in [2.75, 3.05) is 12.4 Å². The molecule has 0 fully saturated rings. The lowest BCUT2D eigenvalue weighted by molar-refractivity contribution is 1.49. The molecular formula is C12H15N. The molecule has 0 atom stereocenters. The summed E-state index contributed by atoms with van der Waals surface area (Å²) in [6.45, 7) is 5.79. The molecule has 0 heterocycles. The van der Waals surface area contributed by atoms with E-state index in [9.17, 15) is 0 Å². The van der Waals surface area contributed by atoms with E-state index in [0.29, 0.717) is 0 Å². The third-order valence-electron chi connectivity index (χ3n) is 1.94. The van der Waals surface area contributed by atoms with E-state index in [1.807, 2.05) is 32.2 Å². The van der Waals surface area contributed by atoms with Gasteiger partial charge in [0.25, 0.3) is 0 Å². The van der Waals surface area contributed by atoms with Gasteiger partial charge in [-0.05, 0) is 30.2 Å². The van der Waals surface area contributed by atoms with Crippen LogP contribution in [0.1, 0.15) is 18.1 Å². The first-order valence-corrected chi connectivity index (χ1v) is 4.38. The van der Waals surface area contributed by atoms with E-state index in [1.165, 1.54) is 5.56 Å². The molecule has 0 spiro atoms. The molecule has 0 saturated carbocycles. The van der Waals surface area contributed by atoms with Gasteiger partial charge in [-0.1, -0.05) is 30.9 Å². The maximum atomic E-state index is 3.78. The molecule has 0 bridgehead atoms. The minimum absolute atomic E-state index is 1.12. The molecular weight excluding hydrogens is 158 g/mol. The van der Waals surface area contributed by atoms with Gasteiger partial charge in [0.15, 0.2) is 0 Å². The number of hydrogen-bond acceptors (Lipinski definition) is 1. The van der Waals surface area contributed by atoms with E-state index < -0.39 is 0 Å². The first kappa shape index (κ1) is 9.59. The number of hydrogen-bond donors (Lipinski definition) is 1. The summed E-state index contributed by atoms with van der Waals surface area (Å²) in [6, 6.07) is 6.22. The summed E-state index contributed by atoms with van der Waals surface area (Å²) < 4.78 is 0. The Hall–Kier alpha value is -1.50. The maximum Gasteiger partial charge on any atom is 0.0343 e. The van der Waals surface area contributed by atoms with Crippen molar-refractivity contribution >= 4 is 17.8 Å². The van der Waals surface area contributed by atoms with Gasteiger partial charge in [-0.3, -0.25) is 0 Å². The molecule has 13 heavy (non-hydrogen) atoms. The molecule has 1 aromatic carbocycles. The van der Waals surface area contributed by atoms with E-state index in [0.717, 1.165) is 11.3 Å². The van der Waals surface area contributed by atoms with Crippen LogP contribution in [-0.2, 0) is 0 Å². The van der Waals surface area contributed by atoms with Crippen molar-refractivity contribution in [2.45, 2.75) is 6.92 Å². The van der Waals surface area contributed by atoms with Crippen molar-refractivity contribution in [3.8, 4) is 0 Å². The molecule has 1 N–H and O–H groups in total. The van der Waals surface area contributed by atoms with Crippen LogP contribution in [0.25, 0.3) is 12.2 Å². The fourth-order valence-electron chi connectivity index (χ4n) is 1.24. The Morgan fingerprint density at radius 3 is 2.62 bits per heavy atom. The maximum absolute atomic E-state index is 3.78. The summed E-state index contributed by atoms with van der Waals surface area (Å²) in [5.74, 6) is 0. The predicted molar refractivity (Wildman–Crippen MR) is 60.8 cm³/mol. The highest BCUT2D eigenvalue weighted by Crippen LogP contribution is 2.17. The molecule has 0 saturated heterocycles. The summed E-state index contributed by atoms with van der Waals surface area (Å²) in [7, 11) is 1.92. The molecule has 1 nitrogen and oxygen atoms in total.